The minimum atomic E-state index is 0.150. The molecule has 3 nitrogen and oxygen atoms in total. The summed E-state index contributed by atoms with van der Waals surface area (Å²) in [6, 6.07) is 9.91. The van der Waals surface area contributed by atoms with Gasteiger partial charge in [-0.15, -0.1) is 0 Å². The Balaban J connectivity index is 2.16. The second-order valence-corrected chi connectivity index (χ2v) is 4.61. The SMILES string of the molecule is Oc1ccc2oc(-c3ccc(Cl)c(Cl)c3)nc2c1. The Labute approximate surface area is 113 Å². The number of hydrogen-bond acceptors (Lipinski definition) is 3. The van der Waals surface area contributed by atoms with Gasteiger partial charge in [-0.3, -0.25) is 0 Å². The van der Waals surface area contributed by atoms with Crippen LogP contribution in [-0.2, 0) is 0 Å². The lowest BCUT2D eigenvalue weighted by molar-refractivity contribution is 0.476. The molecule has 3 aromatic rings. The number of aromatic nitrogens is 1. The third kappa shape index (κ3) is 1.92. The van der Waals surface area contributed by atoms with Crippen LogP contribution in [0, 0.1) is 0 Å². The molecule has 0 bridgehead atoms. The van der Waals surface area contributed by atoms with E-state index in [0.29, 0.717) is 27.0 Å². The number of hydrogen-bond donors (Lipinski definition) is 1. The van der Waals surface area contributed by atoms with Gasteiger partial charge in [-0.2, -0.15) is 0 Å². The molecule has 0 atom stereocenters. The summed E-state index contributed by atoms with van der Waals surface area (Å²) in [6.45, 7) is 0. The van der Waals surface area contributed by atoms with Gasteiger partial charge in [0.25, 0.3) is 0 Å². The first-order valence-corrected chi connectivity index (χ1v) is 5.94. The summed E-state index contributed by atoms with van der Waals surface area (Å²) in [7, 11) is 0. The van der Waals surface area contributed by atoms with Gasteiger partial charge in [-0.1, -0.05) is 23.2 Å². The Morgan fingerprint density at radius 2 is 1.83 bits per heavy atom. The van der Waals surface area contributed by atoms with Crippen LogP contribution in [0.4, 0.5) is 0 Å². The van der Waals surface area contributed by atoms with Gasteiger partial charge in [0, 0.05) is 11.6 Å². The van der Waals surface area contributed by atoms with Crippen molar-refractivity contribution in [2.24, 2.45) is 0 Å². The van der Waals surface area contributed by atoms with Gasteiger partial charge in [0.1, 0.15) is 11.3 Å². The lowest BCUT2D eigenvalue weighted by Crippen LogP contribution is -1.77. The largest absolute Gasteiger partial charge is 0.508 e. The molecule has 0 saturated heterocycles. The highest BCUT2D eigenvalue weighted by Crippen LogP contribution is 2.30. The first kappa shape index (κ1) is 11.4. The normalized spacial score (nSPS) is 11.0. The van der Waals surface area contributed by atoms with Crippen LogP contribution in [0.1, 0.15) is 0 Å². The predicted octanol–water partition coefficient (Wildman–Crippen LogP) is 4.51. The zero-order chi connectivity index (χ0) is 12.7. The van der Waals surface area contributed by atoms with Crippen molar-refractivity contribution >= 4 is 34.3 Å². The molecular weight excluding hydrogens is 273 g/mol. The topological polar surface area (TPSA) is 46.3 Å². The van der Waals surface area contributed by atoms with Gasteiger partial charge in [0.05, 0.1) is 10.0 Å². The fourth-order valence-corrected chi connectivity index (χ4v) is 1.97. The standard InChI is InChI=1S/C13H7Cl2NO2/c14-9-3-1-7(5-10(9)15)13-16-11-6-8(17)2-4-12(11)18-13/h1-6,17H. The Morgan fingerprint density at radius 3 is 2.61 bits per heavy atom. The molecule has 0 unspecified atom stereocenters. The summed E-state index contributed by atoms with van der Waals surface area (Å²) in [6.07, 6.45) is 0. The van der Waals surface area contributed by atoms with Gasteiger partial charge in [-0.05, 0) is 30.3 Å². The van der Waals surface area contributed by atoms with Gasteiger partial charge in [0.2, 0.25) is 5.89 Å². The Bertz CT molecular complexity index is 737. The monoisotopic (exact) mass is 279 g/mol. The smallest absolute Gasteiger partial charge is 0.227 e. The fourth-order valence-electron chi connectivity index (χ4n) is 1.67. The van der Waals surface area contributed by atoms with Crippen LogP contribution >= 0.6 is 23.2 Å². The maximum absolute atomic E-state index is 9.37. The van der Waals surface area contributed by atoms with Crippen molar-refractivity contribution in [1.29, 1.82) is 0 Å². The van der Waals surface area contributed by atoms with E-state index in [1.54, 1.807) is 36.4 Å². The number of rotatable bonds is 1. The second-order valence-electron chi connectivity index (χ2n) is 3.80. The molecule has 1 N–H and O–H groups in total. The number of oxazole rings is 1. The summed E-state index contributed by atoms with van der Waals surface area (Å²) >= 11 is 11.8. The summed E-state index contributed by atoms with van der Waals surface area (Å²) < 4.78 is 5.58. The number of aromatic hydroxyl groups is 1. The second kappa shape index (κ2) is 4.19. The van der Waals surface area contributed by atoms with Crippen LogP contribution in [-0.4, -0.2) is 10.1 Å². The highest BCUT2D eigenvalue weighted by atomic mass is 35.5. The number of benzene rings is 2. The molecular formula is C13H7Cl2NO2. The van der Waals surface area contributed by atoms with E-state index in [4.69, 9.17) is 27.6 Å². The van der Waals surface area contributed by atoms with Crippen molar-refractivity contribution in [3.63, 3.8) is 0 Å². The van der Waals surface area contributed by atoms with E-state index in [1.165, 1.54) is 0 Å². The lowest BCUT2D eigenvalue weighted by atomic mass is 10.2. The van der Waals surface area contributed by atoms with Gasteiger partial charge in [0.15, 0.2) is 5.58 Å². The summed E-state index contributed by atoms with van der Waals surface area (Å²) in [4.78, 5) is 4.29. The predicted molar refractivity (Wildman–Crippen MR) is 71.1 cm³/mol. The van der Waals surface area contributed by atoms with Crippen LogP contribution in [0.15, 0.2) is 40.8 Å². The van der Waals surface area contributed by atoms with E-state index in [1.807, 2.05) is 0 Å². The summed E-state index contributed by atoms with van der Waals surface area (Å²) in [5, 5.41) is 10.3. The van der Waals surface area contributed by atoms with E-state index < -0.39 is 0 Å². The maximum atomic E-state index is 9.37. The molecule has 2 aromatic carbocycles. The van der Waals surface area contributed by atoms with E-state index >= 15 is 0 Å². The van der Waals surface area contributed by atoms with Gasteiger partial charge >= 0.3 is 0 Å². The first-order chi connectivity index (χ1) is 8.63. The average molecular weight is 280 g/mol. The third-order valence-electron chi connectivity index (χ3n) is 2.54. The molecule has 0 radical (unpaired) electrons. The molecule has 18 heavy (non-hydrogen) atoms. The number of phenols is 1. The minimum Gasteiger partial charge on any atom is -0.508 e. The molecule has 0 aliphatic heterocycles. The fraction of sp³-hybridized carbons (Fsp3) is 0. The Kier molecular flexibility index (Phi) is 2.65. The molecule has 0 spiro atoms. The van der Waals surface area contributed by atoms with E-state index in [9.17, 15) is 5.11 Å². The zero-order valence-electron chi connectivity index (χ0n) is 9.02. The quantitative estimate of drug-likeness (QED) is 0.713. The van der Waals surface area contributed by atoms with Crippen molar-refractivity contribution in [3.8, 4) is 17.2 Å². The van der Waals surface area contributed by atoms with Crippen molar-refractivity contribution in [1.82, 2.24) is 4.98 Å². The number of nitrogens with zero attached hydrogens (tertiary/aromatic N) is 1. The van der Waals surface area contributed by atoms with Gasteiger partial charge < -0.3 is 9.52 Å². The summed E-state index contributed by atoms with van der Waals surface area (Å²) in [5.41, 5.74) is 1.94. The molecule has 5 heteroatoms. The molecule has 0 saturated carbocycles. The molecule has 3 rings (SSSR count). The van der Waals surface area contributed by atoms with Crippen molar-refractivity contribution in [2.75, 3.05) is 0 Å². The number of fused-ring (bicyclic) bond motifs is 1. The van der Waals surface area contributed by atoms with Crippen LogP contribution in [0.3, 0.4) is 0 Å². The third-order valence-corrected chi connectivity index (χ3v) is 3.28. The van der Waals surface area contributed by atoms with E-state index in [0.717, 1.165) is 5.56 Å². The van der Waals surface area contributed by atoms with E-state index in [-0.39, 0.29) is 5.75 Å². The van der Waals surface area contributed by atoms with Crippen molar-refractivity contribution in [2.45, 2.75) is 0 Å². The average Bonchev–Trinajstić information content (AvgIpc) is 2.75. The van der Waals surface area contributed by atoms with Crippen LogP contribution in [0.25, 0.3) is 22.6 Å². The van der Waals surface area contributed by atoms with Crippen LogP contribution in [0.5, 0.6) is 5.75 Å². The van der Waals surface area contributed by atoms with Crippen molar-refractivity contribution in [3.05, 3.63) is 46.4 Å². The molecule has 1 aromatic heterocycles. The number of phenolic OH excluding ortho intramolecular Hbond substituents is 1. The molecule has 0 amide bonds. The molecule has 0 aliphatic rings. The molecule has 0 fully saturated rings. The van der Waals surface area contributed by atoms with Crippen LogP contribution in [0.2, 0.25) is 10.0 Å². The molecule has 0 aliphatic carbocycles. The molecule has 90 valence electrons. The van der Waals surface area contributed by atoms with E-state index in [2.05, 4.69) is 4.98 Å². The number of halogens is 2. The summed E-state index contributed by atoms with van der Waals surface area (Å²) in [5.74, 6) is 0.589. The van der Waals surface area contributed by atoms with Crippen molar-refractivity contribution < 1.29 is 9.52 Å². The zero-order valence-corrected chi connectivity index (χ0v) is 10.5. The minimum absolute atomic E-state index is 0.150. The Hall–Kier alpha value is -1.71. The maximum Gasteiger partial charge on any atom is 0.227 e. The lowest BCUT2D eigenvalue weighted by Gasteiger charge is -1.97. The first-order valence-electron chi connectivity index (χ1n) is 5.18. The molecule has 1 heterocycles. The van der Waals surface area contributed by atoms with Crippen LogP contribution < -0.4 is 0 Å². The Morgan fingerprint density at radius 1 is 1.00 bits per heavy atom. The highest BCUT2D eigenvalue weighted by molar-refractivity contribution is 6.42. The van der Waals surface area contributed by atoms with Gasteiger partial charge in [-0.25, -0.2) is 4.98 Å². The highest BCUT2D eigenvalue weighted by Gasteiger charge is 2.10.